The van der Waals surface area contributed by atoms with Crippen molar-refractivity contribution >= 4 is 15.9 Å². The fraction of sp³-hybridized carbons (Fsp3) is 0.625. The van der Waals surface area contributed by atoms with Crippen molar-refractivity contribution in [1.82, 2.24) is 4.90 Å². The van der Waals surface area contributed by atoms with E-state index in [2.05, 4.69) is 27.9 Å². The van der Waals surface area contributed by atoms with E-state index >= 15 is 0 Å². The van der Waals surface area contributed by atoms with Gasteiger partial charge in [0.25, 0.3) is 0 Å². The van der Waals surface area contributed by atoms with Crippen LogP contribution in [-0.2, 0) is 0 Å². The molecular formula is C16H24BrNO. The van der Waals surface area contributed by atoms with Gasteiger partial charge in [-0.15, -0.1) is 0 Å². The number of rotatable bonds is 6. The van der Waals surface area contributed by atoms with Crippen molar-refractivity contribution in [2.45, 2.75) is 38.2 Å². The van der Waals surface area contributed by atoms with Crippen molar-refractivity contribution in [2.75, 3.05) is 20.1 Å². The van der Waals surface area contributed by atoms with Crippen LogP contribution >= 0.6 is 15.9 Å². The second-order valence-corrected chi connectivity index (χ2v) is 6.69. The lowest BCUT2D eigenvalue weighted by Crippen LogP contribution is -2.26. The van der Waals surface area contributed by atoms with Crippen LogP contribution < -0.4 is 0 Å². The number of aliphatic hydroxyl groups excluding tert-OH is 1. The van der Waals surface area contributed by atoms with Gasteiger partial charge in [0.15, 0.2) is 0 Å². The number of nitrogens with zero attached hydrogens (tertiary/aromatic N) is 1. The average Bonchev–Trinajstić information content (AvgIpc) is 2.88. The third-order valence-corrected chi connectivity index (χ3v) is 4.56. The summed E-state index contributed by atoms with van der Waals surface area (Å²) in [5.74, 6) is 0.882. The van der Waals surface area contributed by atoms with Crippen LogP contribution in [0.2, 0.25) is 0 Å². The van der Waals surface area contributed by atoms with E-state index in [0.717, 1.165) is 28.9 Å². The topological polar surface area (TPSA) is 23.5 Å². The summed E-state index contributed by atoms with van der Waals surface area (Å²) in [5.41, 5.74) is 1.00. The third kappa shape index (κ3) is 4.90. The highest BCUT2D eigenvalue weighted by Crippen LogP contribution is 2.26. The second kappa shape index (κ2) is 7.41. The van der Waals surface area contributed by atoms with Gasteiger partial charge in [0, 0.05) is 17.6 Å². The summed E-state index contributed by atoms with van der Waals surface area (Å²) in [5, 5.41) is 10.2. The molecule has 1 unspecified atom stereocenters. The Bertz CT molecular complexity index is 390. The second-order valence-electron chi connectivity index (χ2n) is 5.77. The Morgan fingerprint density at radius 3 is 2.79 bits per heavy atom. The van der Waals surface area contributed by atoms with Gasteiger partial charge in [-0.25, -0.2) is 0 Å². The summed E-state index contributed by atoms with van der Waals surface area (Å²) in [7, 11) is 2.17. The lowest BCUT2D eigenvalue weighted by atomic mass is 10.1. The molecule has 2 rings (SSSR count). The van der Waals surface area contributed by atoms with Gasteiger partial charge in [-0.05, 0) is 49.9 Å². The molecule has 1 N–H and O–H groups in total. The zero-order valence-corrected chi connectivity index (χ0v) is 13.3. The fourth-order valence-electron chi connectivity index (χ4n) is 2.95. The van der Waals surface area contributed by atoms with Crippen molar-refractivity contribution < 1.29 is 5.11 Å². The first-order valence-corrected chi connectivity index (χ1v) is 8.06. The van der Waals surface area contributed by atoms with Crippen LogP contribution in [0.4, 0.5) is 0 Å². The molecule has 1 aromatic rings. The van der Waals surface area contributed by atoms with Crippen LogP contribution in [0.25, 0.3) is 0 Å². The lowest BCUT2D eigenvalue weighted by Gasteiger charge is -2.22. The normalized spacial score (nSPS) is 18.1. The van der Waals surface area contributed by atoms with E-state index in [1.807, 2.05) is 24.3 Å². The van der Waals surface area contributed by atoms with Gasteiger partial charge in [-0.2, -0.15) is 0 Å². The van der Waals surface area contributed by atoms with E-state index in [4.69, 9.17) is 0 Å². The number of aliphatic hydroxyl groups is 1. The van der Waals surface area contributed by atoms with Crippen LogP contribution in [0.3, 0.4) is 0 Å². The Kier molecular flexibility index (Phi) is 5.86. The fourth-order valence-corrected chi connectivity index (χ4v) is 3.37. The predicted molar refractivity (Wildman–Crippen MR) is 83.2 cm³/mol. The Labute approximate surface area is 124 Å². The van der Waals surface area contributed by atoms with Gasteiger partial charge in [-0.1, -0.05) is 40.9 Å². The maximum atomic E-state index is 10.2. The minimum absolute atomic E-state index is 0.358. The lowest BCUT2D eigenvalue weighted by molar-refractivity contribution is 0.144. The van der Waals surface area contributed by atoms with E-state index in [1.165, 1.54) is 32.2 Å². The summed E-state index contributed by atoms with van der Waals surface area (Å²) < 4.78 is 1.03. The third-order valence-electron chi connectivity index (χ3n) is 4.06. The molecule has 2 nitrogen and oxygen atoms in total. The molecular weight excluding hydrogens is 302 g/mol. The molecule has 0 aromatic heterocycles. The molecule has 1 saturated carbocycles. The summed E-state index contributed by atoms with van der Waals surface area (Å²) in [6.45, 7) is 2.15. The first-order chi connectivity index (χ1) is 9.15. The summed E-state index contributed by atoms with van der Waals surface area (Å²) in [4.78, 5) is 2.37. The molecule has 0 saturated heterocycles. The number of halogens is 1. The van der Waals surface area contributed by atoms with Crippen molar-refractivity contribution in [2.24, 2.45) is 5.92 Å². The number of hydrogen-bond acceptors (Lipinski definition) is 2. The molecule has 0 bridgehead atoms. The number of benzene rings is 1. The number of hydrogen-bond donors (Lipinski definition) is 1. The Morgan fingerprint density at radius 2 is 2.11 bits per heavy atom. The molecule has 0 aliphatic heterocycles. The van der Waals surface area contributed by atoms with Gasteiger partial charge in [0.05, 0.1) is 6.10 Å². The molecule has 1 aliphatic rings. The standard InChI is InChI=1S/C16H24BrNO/c1-18(12-13-5-2-3-6-13)10-9-16(19)14-7-4-8-15(17)11-14/h4,7-8,11,13,16,19H,2-3,5-6,9-10,12H2,1H3. The molecule has 0 heterocycles. The zero-order chi connectivity index (χ0) is 13.7. The van der Waals surface area contributed by atoms with Crippen molar-refractivity contribution in [1.29, 1.82) is 0 Å². The molecule has 106 valence electrons. The molecule has 0 amide bonds. The molecule has 1 atom stereocenters. The largest absolute Gasteiger partial charge is 0.388 e. The molecule has 3 heteroatoms. The van der Waals surface area contributed by atoms with Crippen LogP contribution in [0.1, 0.15) is 43.8 Å². The maximum absolute atomic E-state index is 10.2. The highest BCUT2D eigenvalue weighted by molar-refractivity contribution is 9.10. The van der Waals surface area contributed by atoms with Gasteiger partial charge < -0.3 is 10.0 Å². The molecule has 0 spiro atoms. The first kappa shape index (κ1) is 15.0. The molecule has 0 radical (unpaired) electrons. The van der Waals surface area contributed by atoms with E-state index in [-0.39, 0.29) is 6.10 Å². The maximum Gasteiger partial charge on any atom is 0.0802 e. The zero-order valence-electron chi connectivity index (χ0n) is 11.7. The van der Waals surface area contributed by atoms with E-state index in [1.54, 1.807) is 0 Å². The van der Waals surface area contributed by atoms with Crippen molar-refractivity contribution in [3.63, 3.8) is 0 Å². The van der Waals surface area contributed by atoms with E-state index < -0.39 is 0 Å². The van der Waals surface area contributed by atoms with Crippen molar-refractivity contribution in [3.8, 4) is 0 Å². The van der Waals surface area contributed by atoms with Crippen molar-refractivity contribution in [3.05, 3.63) is 34.3 Å². The van der Waals surface area contributed by atoms with Gasteiger partial charge in [0.2, 0.25) is 0 Å². The Balaban J connectivity index is 1.74. The highest BCUT2D eigenvalue weighted by Gasteiger charge is 2.17. The van der Waals surface area contributed by atoms with E-state index in [0.29, 0.717) is 0 Å². The molecule has 19 heavy (non-hydrogen) atoms. The first-order valence-electron chi connectivity index (χ1n) is 7.27. The van der Waals surface area contributed by atoms with Gasteiger partial charge in [0.1, 0.15) is 0 Å². The minimum atomic E-state index is -0.358. The highest BCUT2D eigenvalue weighted by atomic mass is 79.9. The van der Waals surface area contributed by atoms with Crippen LogP contribution in [-0.4, -0.2) is 30.1 Å². The predicted octanol–water partition coefficient (Wildman–Crippen LogP) is 3.99. The van der Waals surface area contributed by atoms with Crippen LogP contribution in [0.15, 0.2) is 28.7 Å². The van der Waals surface area contributed by atoms with Gasteiger partial charge in [-0.3, -0.25) is 0 Å². The van der Waals surface area contributed by atoms with E-state index in [9.17, 15) is 5.11 Å². The minimum Gasteiger partial charge on any atom is -0.388 e. The van der Waals surface area contributed by atoms with Gasteiger partial charge >= 0.3 is 0 Å². The SMILES string of the molecule is CN(CCC(O)c1cccc(Br)c1)CC1CCCC1. The molecule has 1 aromatic carbocycles. The average molecular weight is 326 g/mol. The van der Waals surface area contributed by atoms with Crippen LogP contribution in [0.5, 0.6) is 0 Å². The smallest absolute Gasteiger partial charge is 0.0802 e. The summed E-state index contributed by atoms with van der Waals surface area (Å²) in [6, 6.07) is 7.96. The Hall–Kier alpha value is -0.380. The molecule has 1 aliphatic carbocycles. The summed E-state index contributed by atoms with van der Waals surface area (Å²) >= 11 is 3.45. The monoisotopic (exact) mass is 325 g/mol. The Morgan fingerprint density at radius 1 is 1.37 bits per heavy atom. The quantitative estimate of drug-likeness (QED) is 0.854. The van der Waals surface area contributed by atoms with Crippen LogP contribution in [0, 0.1) is 5.92 Å². The summed E-state index contributed by atoms with van der Waals surface area (Å²) in [6.07, 6.45) is 6.03. The molecule has 1 fully saturated rings.